The lowest BCUT2D eigenvalue weighted by Crippen LogP contribution is -2.10. The molecule has 1 nitrogen and oxygen atoms in total. The van der Waals surface area contributed by atoms with Crippen LogP contribution < -0.4 is 0 Å². The summed E-state index contributed by atoms with van der Waals surface area (Å²) in [6, 6.07) is 1.65. The minimum atomic E-state index is -4.46. The first-order valence-electron chi connectivity index (χ1n) is 4.46. The van der Waals surface area contributed by atoms with Gasteiger partial charge in [0.15, 0.2) is 0 Å². The number of nitriles is 1. The smallest absolute Gasteiger partial charge is 0.197 e. The molecule has 0 heterocycles. The van der Waals surface area contributed by atoms with E-state index in [2.05, 4.69) is 0 Å². The van der Waals surface area contributed by atoms with Crippen molar-refractivity contribution in [3.8, 4) is 6.07 Å². The lowest BCUT2D eigenvalue weighted by atomic mass is 10.3. The van der Waals surface area contributed by atoms with Crippen molar-refractivity contribution in [1.82, 2.24) is 0 Å². The standard InChI is InChI=1S/C9H9F6NS/c10-8(11,12)3-1-2-7(6-16)17-5-4-9(13,14)15/h1,3,7H,2,4-5H2. The Kier molecular flexibility index (Phi) is 6.45. The first kappa shape index (κ1) is 16.2. The van der Waals surface area contributed by atoms with Crippen molar-refractivity contribution in [1.29, 1.82) is 5.26 Å². The largest absolute Gasteiger partial charge is 0.409 e. The van der Waals surface area contributed by atoms with Gasteiger partial charge in [-0.2, -0.15) is 31.6 Å². The van der Waals surface area contributed by atoms with Crippen LogP contribution in [0.15, 0.2) is 12.2 Å². The minimum Gasteiger partial charge on any atom is -0.197 e. The summed E-state index contributed by atoms with van der Waals surface area (Å²) in [7, 11) is 0. The summed E-state index contributed by atoms with van der Waals surface area (Å²) >= 11 is 0.699. The molecule has 0 N–H and O–H groups in total. The second-order valence-corrected chi connectivity index (χ2v) is 4.34. The lowest BCUT2D eigenvalue weighted by molar-refractivity contribution is -0.129. The van der Waals surface area contributed by atoms with E-state index in [1.54, 1.807) is 6.07 Å². The molecule has 0 aliphatic rings. The highest BCUT2D eigenvalue weighted by molar-refractivity contribution is 8.00. The predicted molar refractivity (Wildman–Crippen MR) is 52.3 cm³/mol. The SMILES string of the molecule is N#CC(CC=CC(F)(F)F)SCCC(F)(F)F. The first-order chi connectivity index (χ1) is 7.64. The average molecular weight is 277 g/mol. The Morgan fingerprint density at radius 2 is 1.76 bits per heavy atom. The van der Waals surface area contributed by atoms with Crippen molar-refractivity contribution in [3.05, 3.63) is 12.2 Å². The second kappa shape index (κ2) is 6.79. The quantitative estimate of drug-likeness (QED) is 0.558. The van der Waals surface area contributed by atoms with Crippen LogP contribution in [0.1, 0.15) is 12.8 Å². The van der Waals surface area contributed by atoms with E-state index in [1.165, 1.54) is 0 Å². The maximum absolute atomic E-state index is 11.8. The molecule has 0 fully saturated rings. The molecule has 0 bridgehead atoms. The van der Waals surface area contributed by atoms with Gasteiger partial charge in [0.05, 0.1) is 17.7 Å². The van der Waals surface area contributed by atoms with E-state index in [1.807, 2.05) is 0 Å². The molecule has 98 valence electrons. The first-order valence-corrected chi connectivity index (χ1v) is 5.51. The zero-order valence-corrected chi connectivity index (χ0v) is 9.29. The van der Waals surface area contributed by atoms with Crippen molar-refractivity contribution < 1.29 is 26.3 Å². The summed E-state index contributed by atoms with van der Waals surface area (Å²) < 4.78 is 70.4. The van der Waals surface area contributed by atoms with Crippen LogP contribution in [0.25, 0.3) is 0 Å². The molecule has 1 unspecified atom stereocenters. The Hall–Kier alpha value is -0.840. The summed E-state index contributed by atoms with van der Waals surface area (Å²) in [5, 5.41) is 7.63. The zero-order chi connectivity index (χ0) is 13.5. The maximum Gasteiger partial charge on any atom is 0.409 e. The van der Waals surface area contributed by atoms with Gasteiger partial charge in [-0.05, 0) is 6.42 Å². The van der Waals surface area contributed by atoms with E-state index in [9.17, 15) is 26.3 Å². The van der Waals surface area contributed by atoms with E-state index < -0.39 is 24.0 Å². The fourth-order valence-electron chi connectivity index (χ4n) is 0.800. The maximum atomic E-state index is 11.8. The second-order valence-electron chi connectivity index (χ2n) is 3.03. The molecule has 0 radical (unpaired) electrons. The summed E-state index contributed by atoms with van der Waals surface area (Å²) in [4.78, 5) is 0. The van der Waals surface area contributed by atoms with Crippen molar-refractivity contribution in [3.63, 3.8) is 0 Å². The Morgan fingerprint density at radius 1 is 1.18 bits per heavy atom. The Bertz CT molecular complexity index is 287. The van der Waals surface area contributed by atoms with Crippen LogP contribution in [-0.2, 0) is 0 Å². The van der Waals surface area contributed by atoms with Crippen molar-refractivity contribution >= 4 is 11.8 Å². The van der Waals surface area contributed by atoms with Gasteiger partial charge in [0, 0.05) is 11.8 Å². The number of hydrogen-bond acceptors (Lipinski definition) is 2. The predicted octanol–water partition coefficient (Wildman–Crippen LogP) is 4.07. The third-order valence-electron chi connectivity index (χ3n) is 1.51. The van der Waals surface area contributed by atoms with Gasteiger partial charge in [0.2, 0.25) is 0 Å². The molecule has 17 heavy (non-hydrogen) atoms. The number of alkyl halides is 6. The van der Waals surface area contributed by atoms with Crippen LogP contribution in [0.4, 0.5) is 26.3 Å². The molecule has 0 aromatic heterocycles. The number of thioether (sulfide) groups is 1. The van der Waals surface area contributed by atoms with Gasteiger partial charge in [-0.1, -0.05) is 6.08 Å². The normalized spacial score (nSPS) is 14.9. The molecule has 0 aromatic carbocycles. The number of allylic oxidation sites excluding steroid dienone is 2. The molecule has 0 aliphatic carbocycles. The Morgan fingerprint density at radius 3 is 2.18 bits per heavy atom. The summed E-state index contributed by atoms with van der Waals surface area (Å²) in [6.07, 6.45) is -9.33. The van der Waals surface area contributed by atoms with E-state index in [0.29, 0.717) is 11.8 Å². The van der Waals surface area contributed by atoms with Crippen LogP contribution in [0, 0.1) is 11.3 Å². The van der Waals surface area contributed by atoms with Crippen molar-refractivity contribution in [2.24, 2.45) is 0 Å². The zero-order valence-electron chi connectivity index (χ0n) is 8.48. The van der Waals surface area contributed by atoms with Gasteiger partial charge >= 0.3 is 12.4 Å². The topological polar surface area (TPSA) is 23.8 Å². The molecule has 0 amide bonds. The fraction of sp³-hybridized carbons (Fsp3) is 0.667. The van der Waals surface area contributed by atoms with E-state index in [4.69, 9.17) is 5.26 Å². The van der Waals surface area contributed by atoms with Crippen LogP contribution in [-0.4, -0.2) is 23.4 Å². The van der Waals surface area contributed by atoms with E-state index in [-0.39, 0.29) is 18.2 Å². The molecular formula is C9H9F6NS. The summed E-state index contributed by atoms with van der Waals surface area (Å²) in [5.41, 5.74) is 0. The van der Waals surface area contributed by atoms with E-state index >= 15 is 0 Å². The van der Waals surface area contributed by atoms with Crippen LogP contribution in [0.2, 0.25) is 0 Å². The van der Waals surface area contributed by atoms with Crippen LogP contribution in [0.5, 0.6) is 0 Å². The summed E-state index contributed by atoms with van der Waals surface area (Å²) in [6.45, 7) is 0. The average Bonchev–Trinajstić information content (AvgIpc) is 2.11. The Labute approximate surface area is 98.5 Å². The lowest BCUT2D eigenvalue weighted by Gasteiger charge is -2.08. The highest BCUT2D eigenvalue weighted by atomic mass is 32.2. The molecule has 0 saturated carbocycles. The highest BCUT2D eigenvalue weighted by Crippen LogP contribution is 2.25. The molecular weight excluding hydrogens is 268 g/mol. The molecule has 0 saturated heterocycles. The number of halogens is 6. The number of rotatable bonds is 5. The van der Waals surface area contributed by atoms with Gasteiger partial charge in [0.25, 0.3) is 0 Å². The molecule has 1 atom stereocenters. The van der Waals surface area contributed by atoms with Crippen LogP contribution >= 0.6 is 11.8 Å². The fourth-order valence-corrected chi connectivity index (χ4v) is 1.76. The van der Waals surface area contributed by atoms with Gasteiger partial charge < -0.3 is 0 Å². The van der Waals surface area contributed by atoms with Crippen molar-refractivity contribution in [2.75, 3.05) is 5.75 Å². The third kappa shape index (κ3) is 11.4. The molecule has 0 spiro atoms. The third-order valence-corrected chi connectivity index (χ3v) is 2.65. The van der Waals surface area contributed by atoms with E-state index in [0.717, 1.165) is 6.08 Å². The molecule has 0 rings (SSSR count). The summed E-state index contributed by atoms with van der Waals surface area (Å²) in [5.74, 6) is -0.332. The molecule has 0 aromatic rings. The monoisotopic (exact) mass is 277 g/mol. The highest BCUT2D eigenvalue weighted by Gasteiger charge is 2.27. The van der Waals surface area contributed by atoms with Gasteiger partial charge in [0.1, 0.15) is 0 Å². The molecule has 0 aliphatic heterocycles. The minimum absolute atomic E-state index is 0.0261. The van der Waals surface area contributed by atoms with Crippen LogP contribution in [0.3, 0.4) is 0 Å². The number of hydrogen-bond donors (Lipinski definition) is 0. The Balaban J connectivity index is 3.95. The van der Waals surface area contributed by atoms with Gasteiger partial charge in [-0.25, -0.2) is 0 Å². The van der Waals surface area contributed by atoms with Gasteiger partial charge in [-0.3, -0.25) is 0 Å². The van der Waals surface area contributed by atoms with Crippen molar-refractivity contribution in [2.45, 2.75) is 30.4 Å². The van der Waals surface area contributed by atoms with Gasteiger partial charge in [-0.15, -0.1) is 11.8 Å². The number of nitrogens with zero attached hydrogens (tertiary/aromatic N) is 1. The molecule has 8 heteroatoms.